The van der Waals surface area contributed by atoms with Crippen LogP contribution in [0.3, 0.4) is 0 Å². The maximum atomic E-state index is 11.2. The molecule has 0 saturated heterocycles. The lowest BCUT2D eigenvalue weighted by Crippen LogP contribution is -2.25. The van der Waals surface area contributed by atoms with Gasteiger partial charge < -0.3 is 5.11 Å². The molecule has 4 heteroatoms. The van der Waals surface area contributed by atoms with Crippen LogP contribution in [-0.2, 0) is 5.60 Å². The summed E-state index contributed by atoms with van der Waals surface area (Å²) in [7, 11) is 0. The predicted octanol–water partition coefficient (Wildman–Crippen LogP) is 13.4. The van der Waals surface area contributed by atoms with E-state index in [1.165, 1.54) is 55.7 Å². The van der Waals surface area contributed by atoms with E-state index in [0.29, 0.717) is 0 Å². The van der Waals surface area contributed by atoms with Gasteiger partial charge in [0.05, 0.1) is 0 Å². The Hall–Kier alpha value is -8.49. The molecule has 0 spiro atoms. The highest BCUT2D eigenvalue weighted by atomic mass is 16.3. The van der Waals surface area contributed by atoms with Crippen LogP contribution in [0, 0.1) is 11.8 Å². The first-order valence-electron chi connectivity index (χ1n) is 21.2. The Labute approximate surface area is 382 Å². The number of aliphatic hydroxyl groups is 1. The quantitative estimate of drug-likeness (QED) is 0.155. The summed E-state index contributed by atoms with van der Waals surface area (Å²) in [6.07, 6.45) is 11.0. The van der Waals surface area contributed by atoms with Gasteiger partial charge in [0.2, 0.25) is 0 Å². The molecule has 6 aromatic carbocycles. The normalized spacial score (nSPS) is 11.7. The predicted molar refractivity (Wildman–Crippen MR) is 267 cm³/mol. The van der Waals surface area contributed by atoms with Crippen LogP contribution in [0.2, 0.25) is 0 Å². The third-order valence-corrected chi connectivity index (χ3v) is 11.1. The zero-order valence-corrected chi connectivity index (χ0v) is 35.0. The number of benzene rings is 6. The van der Waals surface area contributed by atoms with E-state index in [0.717, 1.165) is 27.8 Å². The van der Waals surface area contributed by atoms with Gasteiger partial charge in [-0.05, 0) is 68.8 Å². The SMILES string of the molecule is C.OC(C#Cc1cccnc1)(c1ccccc1)c1ccccc1.c1ccc(C(=C2C(=C(c3ccccc3)c3ccccc3)C(c3cccnc3)=C2c2cccnc2)c2ccccc2)cc1. The van der Waals surface area contributed by atoms with Gasteiger partial charge in [0, 0.05) is 76.1 Å². The number of pyridine rings is 3. The van der Waals surface area contributed by atoms with Crippen molar-refractivity contribution in [2.24, 2.45) is 0 Å². The molecule has 0 atom stereocenters. The highest BCUT2D eigenvalue weighted by Crippen LogP contribution is 2.58. The Morgan fingerprint density at radius 1 is 0.369 bits per heavy atom. The summed E-state index contributed by atoms with van der Waals surface area (Å²) >= 11 is 0. The van der Waals surface area contributed by atoms with E-state index in [4.69, 9.17) is 0 Å². The molecular weight excluding hydrogens is 791 g/mol. The molecule has 65 heavy (non-hydrogen) atoms. The van der Waals surface area contributed by atoms with Gasteiger partial charge in [-0.2, -0.15) is 0 Å². The van der Waals surface area contributed by atoms with Gasteiger partial charge in [-0.15, -0.1) is 0 Å². The van der Waals surface area contributed by atoms with Gasteiger partial charge in [-0.25, -0.2) is 0 Å². The van der Waals surface area contributed by atoms with Crippen LogP contribution in [0.1, 0.15) is 57.5 Å². The van der Waals surface area contributed by atoms with Crippen molar-refractivity contribution in [3.63, 3.8) is 0 Å². The average molecular weight is 838 g/mol. The first-order valence-corrected chi connectivity index (χ1v) is 21.2. The van der Waals surface area contributed by atoms with E-state index in [2.05, 4.69) is 160 Å². The first kappa shape index (κ1) is 43.2. The fourth-order valence-corrected chi connectivity index (χ4v) is 8.14. The van der Waals surface area contributed by atoms with Crippen LogP contribution in [-0.4, -0.2) is 20.1 Å². The molecule has 4 nitrogen and oxygen atoms in total. The molecule has 10 rings (SSSR count). The lowest BCUT2D eigenvalue weighted by Gasteiger charge is -2.37. The molecule has 312 valence electrons. The number of hydrogen-bond acceptors (Lipinski definition) is 4. The van der Waals surface area contributed by atoms with Crippen LogP contribution >= 0.6 is 0 Å². The van der Waals surface area contributed by atoms with E-state index in [-0.39, 0.29) is 7.43 Å². The minimum Gasteiger partial charge on any atom is -0.369 e. The second-order valence-electron chi connectivity index (χ2n) is 15.1. The monoisotopic (exact) mass is 837 g/mol. The van der Waals surface area contributed by atoms with E-state index in [9.17, 15) is 5.11 Å². The standard InChI is InChI=1S/C40H28N2.C20H15NO.CH4/c1-5-15-29(16-6-1)35(30-17-7-2-8-18-30)39-37(33-23-13-25-41-27-33)38(34-24-14-26-42-28-34)40(39)36(31-19-9-3-10-20-31)32-21-11-4-12-22-32;22-20(18-9-3-1-4-10-18,19-11-5-2-6-12-19)14-13-17-8-7-15-21-16-17;/h1-28H;1-12,15-16,22H;1H4. The minimum atomic E-state index is -1.35. The highest BCUT2D eigenvalue weighted by Gasteiger charge is 2.38. The van der Waals surface area contributed by atoms with Crippen molar-refractivity contribution in [3.05, 3.63) is 317 Å². The van der Waals surface area contributed by atoms with Crippen molar-refractivity contribution < 1.29 is 5.11 Å². The smallest absolute Gasteiger partial charge is 0.177 e. The number of allylic oxidation sites excluding steroid dienone is 4. The van der Waals surface area contributed by atoms with Gasteiger partial charge in [0.15, 0.2) is 5.60 Å². The van der Waals surface area contributed by atoms with Gasteiger partial charge in [0.25, 0.3) is 0 Å². The maximum absolute atomic E-state index is 11.2. The van der Waals surface area contributed by atoms with Crippen molar-refractivity contribution in [1.82, 2.24) is 15.0 Å². The van der Waals surface area contributed by atoms with Gasteiger partial charge in [-0.1, -0.05) is 213 Å². The fourth-order valence-electron chi connectivity index (χ4n) is 8.14. The molecule has 3 aromatic heterocycles. The van der Waals surface area contributed by atoms with E-state index < -0.39 is 5.60 Å². The number of hydrogen-bond donors (Lipinski definition) is 1. The molecule has 1 aliphatic rings. The minimum absolute atomic E-state index is 0. The largest absolute Gasteiger partial charge is 0.369 e. The Morgan fingerprint density at radius 3 is 1.00 bits per heavy atom. The molecule has 3 heterocycles. The van der Waals surface area contributed by atoms with E-state index in [1.807, 2.05) is 110 Å². The second-order valence-corrected chi connectivity index (χ2v) is 15.1. The van der Waals surface area contributed by atoms with Gasteiger partial charge >= 0.3 is 0 Å². The molecule has 9 aromatic rings. The Bertz CT molecular complexity index is 2820. The fraction of sp³-hybridized carbons (Fsp3) is 0.0328. The molecule has 0 aliphatic heterocycles. The third kappa shape index (κ3) is 9.48. The number of nitrogens with zero attached hydrogens (tertiary/aromatic N) is 3. The molecular formula is C61H47N3O. The van der Waals surface area contributed by atoms with Crippen molar-refractivity contribution in [2.45, 2.75) is 13.0 Å². The summed E-state index contributed by atoms with van der Waals surface area (Å²) in [5, 5.41) is 11.2. The van der Waals surface area contributed by atoms with Gasteiger partial charge in [-0.3, -0.25) is 15.0 Å². The molecule has 0 bridgehead atoms. The number of rotatable bonds is 8. The molecule has 1 aliphatic carbocycles. The summed E-state index contributed by atoms with van der Waals surface area (Å²) < 4.78 is 0. The third-order valence-electron chi connectivity index (χ3n) is 11.1. The van der Waals surface area contributed by atoms with Crippen LogP contribution < -0.4 is 0 Å². The van der Waals surface area contributed by atoms with Crippen molar-refractivity contribution in [3.8, 4) is 11.8 Å². The molecule has 0 amide bonds. The second kappa shape index (κ2) is 20.6. The Kier molecular flexibility index (Phi) is 13.7. The van der Waals surface area contributed by atoms with Crippen LogP contribution in [0.15, 0.2) is 267 Å². The topological polar surface area (TPSA) is 58.9 Å². The molecule has 0 radical (unpaired) electrons. The molecule has 1 N–H and O–H groups in total. The summed E-state index contributed by atoms with van der Waals surface area (Å²) in [6.45, 7) is 0. The zero-order valence-electron chi connectivity index (χ0n) is 35.0. The highest BCUT2D eigenvalue weighted by molar-refractivity contribution is 6.26. The summed E-state index contributed by atoms with van der Waals surface area (Å²) in [5.41, 5.74) is 14.9. The van der Waals surface area contributed by atoms with Crippen molar-refractivity contribution in [1.29, 1.82) is 0 Å². The summed E-state index contributed by atoms with van der Waals surface area (Å²) in [5.74, 6) is 6.03. The first-order chi connectivity index (χ1) is 31.7. The van der Waals surface area contributed by atoms with Crippen LogP contribution in [0.25, 0.3) is 22.3 Å². The zero-order chi connectivity index (χ0) is 43.4. The lowest BCUT2D eigenvalue weighted by molar-refractivity contribution is 0.145. The Balaban J connectivity index is 0.000000212. The van der Waals surface area contributed by atoms with Crippen LogP contribution in [0.5, 0.6) is 0 Å². The summed E-state index contributed by atoms with van der Waals surface area (Å²) in [6, 6.07) is 73.9. The lowest BCUT2D eigenvalue weighted by atomic mass is 9.65. The molecule has 0 unspecified atom stereocenters. The van der Waals surface area contributed by atoms with Crippen molar-refractivity contribution >= 4 is 22.3 Å². The number of aromatic nitrogens is 3. The molecule has 0 fully saturated rings. The molecule has 0 saturated carbocycles. The average Bonchev–Trinajstić information content (AvgIpc) is 3.38. The summed E-state index contributed by atoms with van der Waals surface area (Å²) in [4.78, 5) is 13.2. The Morgan fingerprint density at radius 2 is 0.692 bits per heavy atom. The van der Waals surface area contributed by atoms with E-state index >= 15 is 0 Å². The van der Waals surface area contributed by atoms with Crippen LogP contribution in [0.4, 0.5) is 0 Å². The van der Waals surface area contributed by atoms with Gasteiger partial charge in [0.1, 0.15) is 0 Å². The maximum Gasteiger partial charge on any atom is 0.177 e. The van der Waals surface area contributed by atoms with Crippen molar-refractivity contribution in [2.75, 3.05) is 0 Å². The van der Waals surface area contributed by atoms with E-state index in [1.54, 1.807) is 12.4 Å².